The summed E-state index contributed by atoms with van der Waals surface area (Å²) in [5.74, 6) is -0.641. The molecule has 4 amide bonds. The highest BCUT2D eigenvalue weighted by atomic mass is 16.5. The second kappa shape index (κ2) is 14.6. The first-order valence-electron chi connectivity index (χ1n) is 16.9. The number of rotatable bonds is 7. The van der Waals surface area contributed by atoms with Crippen LogP contribution in [0.3, 0.4) is 0 Å². The van der Waals surface area contributed by atoms with Gasteiger partial charge in [-0.1, -0.05) is 48.0 Å². The minimum atomic E-state index is -0.327. The fraction of sp³-hybridized carbons (Fsp3) is 0.300. The Labute approximate surface area is 293 Å². The molecular formula is C40H43N5O5. The zero-order valence-corrected chi connectivity index (χ0v) is 29.3. The van der Waals surface area contributed by atoms with E-state index in [1.54, 1.807) is 34.1 Å². The molecule has 10 heteroatoms. The van der Waals surface area contributed by atoms with Crippen LogP contribution in [0.25, 0.3) is 11.1 Å². The van der Waals surface area contributed by atoms with Gasteiger partial charge < -0.3 is 29.7 Å². The molecule has 2 heterocycles. The van der Waals surface area contributed by atoms with E-state index in [1.165, 1.54) is 12.0 Å². The first-order chi connectivity index (χ1) is 24.0. The smallest absolute Gasteiger partial charge is 0.258 e. The van der Waals surface area contributed by atoms with Gasteiger partial charge >= 0.3 is 0 Å². The Hall–Kier alpha value is -5.48. The number of hydrogen-bond acceptors (Lipinski definition) is 6. The van der Waals surface area contributed by atoms with Crippen LogP contribution in [-0.4, -0.2) is 86.9 Å². The molecule has 0 saturated carbocycles. The molecule has 0 bridgehead atoms. The minimum Gasteiger partial charge on any atom is -0.495 e. The maximum absolute atomic E-state index is 14.2. The maximum atomic E-state index is 14.2. The van der Waals surface area contributed by atoms with Gasteiger partial charge in [0.25, 0.3) is 11.8 Å². The highest BCUT2D eigenvalue weighted by Gasteiger charge is 2.33. The van der Waals surface area contributed by atoms with E-state index < -0.39 is 0 Å². The molecule has 0 aromatic heterocycles. The molecule has 2 aliphatic heterocycles. The molecule has 258 valence electrons. The van der Waals surface area contributed by atoms with E-state index in [0.29, 0.717) is 47.0 Å². The molecule has 1 N–H and O–H groups in total. The molecule has 2 aliphatic rings. The van der Waals surface area contributed by atoms with E-state index >= 15 is 0 Å². The van der Waals surface area contributed by atoms with Crippen molar-refractivity contribution in [2.75, 3.05) is 68.5 Å². The molecule has 0 spiro atoms. The number of benzene rings is 4. The SMILES string of the molecule is COc1cc(C(=O)N2CCC(=O)N(CC(=O)N3CCN(C)CC3)c3cc(C)ccc32)ccc1NC(=O)c1ccccc1-c1ccc(C)cc1C. The number of aryl methyl sites for hydroxylation is 3. The number of carbonyl (C=O) groups is 4. The summed E-state index contributed by atoms with van der Waals surface area (Å²) in [6.07, 6.45) is 0.0562. The number of amides is 4. The Morgan fingerprint density at radius 3 is 2.24 bits per heavy atom. The summed E-state index contributed by atoms with van der Waals surface area (Å²) in [4.78, 5) is 61.8. The van der Waals surface area contributed by atoms with Crippen molar-refractivity contribution < 1.29 is 23.9 Å². The fourth-order valence-corrected chi connectivity index (χ4v) is 6.66. The maximum Gasteiger partial charge on any atom is 0.258 e. The number of ether oxygens (including phenoxy) is 1. The van der Waals surface area contributed by atoms with Gasteiger partial charge in [0.05, 0.1) is 24.2 Å². The fourth-order valence-electron chi connectivity index (χ4n) is 6.66. The van der Waals surface area contributed by atoms with E-state index in [-0.39, 0.29) is 43.1 Å². The third-order valence-electron chi connectivity index (χ3n) is 9.50. The van der Waals surface area contributed by atoms with Crippen molar-refractivity contribution in [3.05, 3.63) is 107 Å². The summed E-state index contributed by atoms with van der Waals surface area (Å²) in [5, 5.41) is 2.98. The Morgan fingerprint density at radius 1 is 0.780 bits per heavy atom. The summed E-state index contributed by atoms with van der Waals surface area (Å²) < 4.78 is 5.67. The van der Waals surface area contributed by atoms with Gasteiger partial charge in [-0.3, -0.25) is 19.2 Å². The quantitative estimate of drug-likeness (QED) is 0.270. The molecular weight excluding hydrogens is 630 g/mol. The number of fused-ring (bicyclic) bond motifs is 1. The summed E-state index contributed by atoms with van der Waals surface area (Å²) in [6, 6.07) is 24.1. The van der Waals surface area contributed by atoms with Crippen molar-refractivity contribution >= 4 is 40.7 Å². The Kier molecular flexibility index (Phi) is 10.0. The zero-order chi connectivity index (χ0) is 35.5. The number of likely N-dealkylation sites (N-methyl/N-ethyl adjacent to an activating group) is 1. The molecule has 1 saturated heterocycles. The van der Waals surface area contributed by atoms with Crippen LogP contribution in [0.4, 0.5) is 17.1 Å². The van der Waals surface area contributed by atoms with Gasteiger partial charge in [-0.05, 0) is 86.5 Å². The number of hydrogen-bond donors (Lipinski definition) is 1. The third-order valence-corrected chi connectivity index (χ3v) is 9.50. The molecule has 10 nitrogen and oxygen atoms in total. The molecule has 0 unspecified atom stereocenters. The molecule has 1 fully saturated rings. The van der Waals surface area contributed by atoms with Gasteiger partial charge in [-0.15, -0.1) is 0 Å². The predicted octanol–water partition coefficient (Wildman–Crippen LogP) is 5.70. The van der Waals surface area contributed by atoms with E-state index in [1.807, 2.05) is 76.3 Å². The monoisotopic (exact) mass is 673 g/mol. The van der Waals surface area contributed by atoms with E-state index in [2.05, 4.69) is 16.3 Å². The van der Waals surface area contributed by atoms with Crippen molar-refractivity contribution in [3.8, 4) is 16.9 Å². The average molecular weight is 674 g/mol. The number of piperazine rings is 1. The van der Waals surface area contributed by atoms with Gasteiger partial charge in [0, 0.05) is 50.3 Å². The van der Waals surface area contributed by atoms with Crippen molar-refractivity contribution in [2.45, 2.75) is 27.2 Å². The molecule has 0 radical (unpaired) electrons. The minimum absolute atomic E-state index is 0.0562. The van der Waals surface area contributed by atoms with Crippen LogP contribution in [-0.2, 0) is 9.59 Å². The van der Waals surface area contributed by atoms with Crippen molar-refractivity contribution in [3.63, 3.8) is 0 Å². The summed E-state index contributed by atoms with van der Waals surface area (Å²) in [5.41, 5.74) is 7.26. The van der Waals surface area contributed by atoms with Crippen molar-refractivity contribution in [1.29, 1.82) is 0 Å². The van der Waals surface area contributed by atoms with Gasteiger partial charge in [0.1, 0.15) is 12.3 Å². The van der Waals surface area contributed by atoms with E-state index in [9.17, 15) is 19.2 Å². The van der Waals surface area contributed by atoms with Crippen molar-refractivity contribution in [2.24, 2.45) is 0 Å². The largest absolute Gasteiger partial charge is 0.495 e. The van der Waals surface area contributed by atoms with Gasteiger partial charge in [0.15, 0.2) is 0 Å². The number of nitrogens with zero attached hydrogens (tertiary/aromatic N) is 4. The Morgan fingerprint density at radius 2 is 1.50 bits per heavy atom. The Bertz CT molecular complexity index is 1970. The number of anilines is 3. The number of carbonyl (C=O) groups excluding carboxylic acids is 4. The molecule has 0 aliphatic carbocycles. The second-order valence-electron chi connectivity index (χ2n) is 13.1. The van der Waals surface area contributed by atoms with Crippen LogP contribution in [0.1, 0.15) is 43.8 Å². The third kappa shape index (κ3) is 7.11. The lowest BCUT2D eigenvalue weighted by atomic mass is 9.94. The predicted molar refractivity (Wildman–Crippen MR) is 196 cm³/mol. The molecule has 4 aromatic rings. The normalized spacial score (nSPS) is 15.0. The summed E-state index contributed by atoms with van der Waals surface area (Å²) >= 11 is 0. The molecule has 4 aromatic carbocycles. The first-order valence-corrected chi connectivity index (χ1v) is 16.9. The number of methoxy groups -OCH3 is 1. The van der Waals surface area contributed by atoms with Crippen LogP contribution < -0.4 is 19.9 Å². The highest BCUT2D eigenvalue weighted by molar-refractivity contribution is 6.13. The first kappa shape index (κ1) is 34.4. The summed E-state index contributed by atoms with van der Waals surface area (Å²) in [7, 11) is 3.51. The average Bonchev–Trinajstić information content (AvgIpc) is 3.24. The van der Waals surface area contributed by atoms with E-state index in [4.69, 9.17) is 4.74 Å². The topological polar surface area (TPSA) is 102 Å². The lowest BCUT2D eigenvalue weighted by Crippen LogP contribution is -2.50. The standard InChI is InChI=1S/C40H43N5O5/c1-26-10-13-30(28(3)22-26)31-8-6-7-9-32(31)39(48)41-33-14-12-29(24-36(33)50-5)40(49)44-17-16-37(46)45(35-23-27(2)11-15-34(35)44)25-38(47)43-20-18-42(4)19-21-43/h6-15,22-24H,16-21,25H2,1-5H3,(H,41,48). The molecule has 50 heavy (non-hydrogen) atoms. The lowest BCUT2D eigenvalue weighted by Gasteiger charge is -2.34. The van der Waals surface area contributed by atoms with Crippen LogP contribution in [0.15, 0.2) is 78.9 Å². The van der Waals surface area contributed by atoms with Crippen LogP contribution in [0.5, 0.6) is 5.75 Å². The molecule has 6 rings (SSSR count). The van der Waals surface area contributed by atoms with Crippen molar-refractivity contribution in [1.82, 2.24) is 9.80 Å². The lowest BCUT2D eigenvalue weighted by molar-refractivity contribution is -0.132. The second-order valence-corrected chi connectivity index (χ2v) is 13.1. The van der Waals surface area contributed by atoms with Crippen LogP contribution in [0, 0.1) is 20.8 Å². The van der Waals surface area contributed by atoms with Gasteiger partial charge in [0.2, 0.25) is 11.8 Å². The Balaban J connectivity index is 1.25. The van der Waals surface area contributed by atoms with Crippen LogP contribution in [0.2, 0.25) is 0 Å². The molecule has 0 atom stereocenters. The van der Waals surface area contributed by atoms with Gasteiger partial charge in [-0.2, -0.15) is 0 Å². The number of nitrogens with one attached hydrogen (secondary N) is 1. The van der Waals surface area contributed by atoms with Crippen LogP contribution >= 0.6 is 0 Å². The van der Waals surface area contributed by atoms with E-state index in [0.717, 1.165) is 40.9 Å². The highest BCUT2D eigenvalue weighted by Crippen LogP contribution is 2.36. The van der Waals surface area contributed by atoms with Gasteiger partial charge in [-0.25, -0.2) is 0 Å². The zero-order valence-electron chi connectivity index (χ0n) is 29.3. The summed E-state index contributed by atoms with van der Waals surface area (Å²) in [6.45, 7) is 8.82.